The third kappa shape index (κ3) is 2.04. The highest BCUT2D eigenvalue weighted by Crippen LogP contribution is 2.48. The van der Waals surface area contributed by atoms with Crippen molar-refractivity contribution in [1.29, 1.82) is 0 Å². The second-order valence-corrected chi connectivity index (χ2v) is 3.94. The van der Waals surface area contributed by atoms with Gasteiger partial charge in [0.05, 0.1) is 13.0 Å². The quantitative estimate of drug-likeness (QED) is 0.802. The van der Waals surface area contributed by atoms with Crippen LogP contribution in [0.1, 0.15) is 17.9 Å². The van der Waals surface area contributed by atoms with Crippen LogP contribution >= 0.6 is 11.6 Å². The van der Waals surface area contributed by atoms with Crippen molar-refractivity contribution in [2.75, 3.05) is 7.11 Å². The maximum atomic E-state index is 10.7. The Morgan fingerprint density at radius 3 is 2.93 bits per heavy atom. The summed E-state index contributed by atoms with van der Waals surface area (Å²) in [7, 11) is 1.50. The number of carbonyl (C=O) groups is 1. The van der Waals surface area contributed by atoms with E-state index < -0.39 is 5.97 Å². The van der Waals surface area contributed by atoms with Crippen molar-refractivity contribution < 1.29 is 14.6 Å². The van der Waals surface area contributed by atoms with E-state index in [2.05, 4.69) is 4.98 Å². The molecule has 4 nitrogen and oxygen atoms in total. The number of hydrogen-bond acceptors (Lipinski definition) is 3. The molecule has 0 bridgehead atoms. The van der Waals surface area contributed by atoms with Crippen LogP contribution in [-0.4, -0.2) is 23.2 Å². The average molecular weight is 228 g/mol. The summed E-state index contributed by atoms with van der Waals surface area (Å²) in [6.45, 7) is 0. The van der Waals surface area contributed by atoms with Crippen molar-refractivity contribution in [2.45, 2.75) is 12.3 Å². The monoisotopic (exact) mass is 227 g/mol. The molecule has 0 aliphatic heterocycles. The number of aliphatic carboxylic acids is 1. The Morgan fingerprint density at radius 1 is 1.67 bits per heavy atom. The minimum atomic E-state index is -0.757. The number of methoxy groups -OCH3 is 1. The molecule has 2 atom stereocenters. The molecule has 1 fully saturated rings. The number of ether oxygens (including phenoxy) is 1. The largest absolute Gasteiger partial charge is 0.481 e. The van der Waals surface area contributed by atoms with Crippen LogP contribution in [0.3, 0.4) is 0 Å². The van der Waals surface area contributed by atoms with Crippen molar-refractivity contribution in [3.8, 4) is 5.88 Å². The maximum Gasteiger partial charge on any atom is 0.307 e. The molecule has 0 saturated heterocycles. The van der Waals surface area contributed by atoms with Crippen molar-refractivity contribution in [2.24, 2.45) is 5.92 Å². The van der Waals surface area contributed by atoms with Gasteiger partial charge in [-0.3, -0.25) is 4.79 Å². The zero-order chi connectivity index (χ0) is 11.0. The third-order valence-corrected chi connectivity index (χ3v) is 2.73. The Morgan fingerprint density at radius 2 is 2.40 bits per heavy atom. The van der Waals surface area contributed by atoms with E-state index in [-0.39, 0.29) is 11.8 Å². The van der Waals surface area contributed by atoms with E-state index in [1.807, 2.05) is 0 Å². The smallest absolute Gasteiger partial charge is 0.307 e. The summed E-state index contributed by atoms with van der Waals surface area (Å²) < 4.78 is 4.97. The van der Waals surface area contributed by atoms with E-state index in [9.17, 15) is 4.79 Å². The molecule has 0 radical (unpaired) electrons. The predicted octanol–water partition coefficient (Wildman–Crippen LogP) is 1.93. The van der Waals surface area contributed by atoms with Crippen molar-refractivity contribution >= 4 is 17.6 Å². The molecule has 1 aliphatic rings. The second-order valence-electron chi connectivity index (χ2n) is 3.55. The van der Waals surface area contributed by atoms with Gasteiger partial charge in [0, 0.05) is 6.07 Å². The number of nitrogens with zero attached hydrogens (tertiary/aromatic N) is 1. The molecule has 2 rings (SSSR count). The van der Waals surface area contributed by atoms with Crippen LogP contribution < -0.4 is 4.74 Å². The van der Waals surface area contributed by atoms with Gasteiger partial charge in [-0.05, 0) is 24.0 Å². The minimum Gasteiger partial charge on any atom is -0.481 e. The van der Waals surface area contributed by atoms with E-state index in [1.165, 1.54) is 7.11 Å². The first kappa shape index (κ1) is 10.2. The van der Waals surface area contributed by atoms with Gasteiger partial charge >= 0.3 is 5.97 Å². The van der Waals surface area contributed by atoms with E-state index in [0.717, 1.165) is 5.56 Å². The van der Waals surface area contributed by atoms with Crippen LogP contribution in [0.5, 0.6) is 5.88 Å². The predicted molar refractivity (Wildman–Crippen MR) is 54.3 cm³/mol. The van der Waals surface area contributed by atoms with Gasteiger partial charge in [-0.25, -0.2) is 4.98 Å². The van der Waals surface area contributed by atoms with Crippen LogP contribution in [-0.2, 0) is 4.79 Å². The van der Waals surface area contributed by atoms with Gasteiger partial charge in [-0.2, -0.15) is 0 Å². The SMILES string of the molecule is COc1cc([C@H]2C[C@@H]2C(=O)O)cc(Cl)n1. The van der Waals surface area contributed by atoms with E-state index in [4.69, 9.17) is 21.4 Å². The molecule has 1 aromatic rings. The average Bonchev–Trinajstić information content (AvgIpc) is 2.96. The normalized spacial score (nSPS) is 23.6. The fraction of sp³-hybridized carbons (Fsp3) is 0.400. The van der Waals surface area contributed by atoms with Crippen LogP contribution in [0.25, 0.3) is 0 Å². The Kier molecular flexibility index (Phi) is 2.52. The van der Waals surface area contributed by atoms with Gasteiger partial charge in [0.2, 0.25) is 5.88 Å². The number of halogens is 1. The summed E-state index contributed by atoms with van der Waals surface area (Å²) in [4.78, 5) is 14.6. The molecular formula is C10H10ClNO3. The summed E-state index contributed by atoms with van der Waals surface area (Å²) in [5, 5.41) is 9.13. The van der Waals surface area contributed by atoms with E-state index in [0.29, 0.717) is 17.5 Å². The standard InChI is InChI=1S/C10H10ClNO3/c1-15-9-3-5(2-8(11)12-9)6-4-7(6)10(13)14/h2-3,6-7H,4H2,1H3,(H,13,14)/t6-,7+/m1/s1. The van der Waals surface area contributed by atoms with E-state index >= 15 is 0 Å². The third-order valence-electron chi connectivity index (χ3n) is 2.54. The van der Waals surface area contributed by atoms with Crippen LogP contribution in [0.4, 0.5) is 0 Å². The molecule has 0 spiro atoms. The van der Waals surface area contributed by atoms with Crippen LogP contribution in [0.2, 0.25) is 5.15 Å². The summed E-state index contributed by atoms with van der Waals surface area (Å²) in [6.07, 6.45) is 0.666. The van der Waals surface area contributed by atoms with Gasteiger partial charge in [0.25, 0.3) is 0 Å². The van der Waals surface area contributed by atoms with E-state index in [1.54, 1.807) is 12.1 Å². The van der Waals surface area contributed by atoms with Gasteiger partial charge in [-0.1, -0.05) is 11.6 Å². The van der Waals surface area contributed by atoms with Crippen LogP contribution in [0.15, 0.2) is 12.1 Å². The number of hydrogen-bond donors (Lipinski definition) is 1. The van der Waals surface area contributed by atoms with Crippen molar-refractivity contribution in [1.82, 2.24) is 4.98 Å². The second kappa shape index (κ2) is 3.70. The Bertz CT molecular complexity index is 408. The lowest BCUT2D eigenvalue weighted by atomic mass is 10.1. The molecule has 1 N–H and O–H groups in total. The molecule has 1 aliphatic carbocycles. The summed E-state index contributed by atoms with van der Waals surface area (Å²) in [6, 6.07) is 3.43. The number of rotatable bonds is 3. The van der Waals surface area contributed by atoms with Gasteiger partial charge in [-0.15, -0.1) is 0 Å². The highest BCUT2D eigenvalue weighted by Gasteiger charge is 2.44. The fourth-order valence-electron chi connectivity index (χ4n) is 1.65. The molecule has 5 heteroatoms. The summed E-state index contributed by atoms with van der Waals surface area (Å²) in [5.41, 5.74) is 0.888. The van der Waals surface area contributed by atoms with Gasteiger partial charge in [0.15, 0.2) is 0 Å². The van der Waals surface area contributed by atoms with Crippen LogP contribution in [0, 0.1) is 5.92 Å². The lowest BCUT2D eigenvalue weighted by molar-refractivity contribution is -0.138. The number of pyridine rings is 1. The summed E-state index contributed by atoms with van der Waals surface area (Å²) in [5.74, 6) is -0.564. The molecule has 1 aromatic heterocycles. The molecule has 80 valence electrons. The zero-order valence-corrected chi connectivity index (χ0v) is 8.86. The summed E-state index contributed by atoms with van der Waals surface area (Å²) >= 11 is 5.79. The lowest BCUT2D eigenvalue weighted by Crippen LogP contribution is -1.99. The topological polar surface area (TPSA) is 59.4 Å². The first-order valence-corrected chi connectivity index (χ1v) is 4.94. The number of carboxylic acids is 1. The lowest BCUT2D eigenvalue weighted by Gasteiger charge is -2.03. The maximum absolute atomic E-state index is 10.7. The number of carboxylic acid groups (broad SMARTS) is 1. The minimum absolute atomic E-state index is 0.0527. The number of aromatic nitrogens is 1. The highest BCUT2D eigenvalue weighted by atomic mass is 35.5. The zero-order valence-electron chi connectivity index (χ0n) is 8.11. The highest BCUT2D eigenvalue weighted by molar-refractivity contribution is 6.29. The molecule has 0 unspecified atom stereocenters. The van der Waals surface area contributed by atoms with Crippen molar-refractivity contribution in [3.05, 3.63) is 22.8 Å². The van der Waals surface area contributed by atoms with Gasteiger partial charge < -0.3 is 9.84 Å². The first-order valence-electron chi connectivity index (χ1n) is 4.56. The Balaban J connectivity index is 2.23. The molecular weight excluding hydrogens is 218 g/mol. The first-order chi connectivity index (χ1) is 7.11. The fourth-order valence-corrected chi connectivity index (χ4v) is 1.86. The van der Waals surface area contributed by atoms with Crippen molar-refractivity contribution in [3.63, 3.8) is 0 Å². The molecule has 1 heterocycles. The molecule has 15 heavy (non-hydrogen) atoms. The molecule has 0 amide bonds. The molecule has 1 saturated carbocycles. The Labute approximate surface area is 91.8 Å². The Hall–Kier alpha value is -1.29. The molecule has 0 aromatic carbocycles. The van der Waals surface area contributed by atoms with Gasteiger partial charge in [0.1, 0.15) is 5.15 Å².